The van der Waals surface area contributed by atoms with Crippen LogP contribution in [0.4, 0.5) is 5.69 Å². The summed E-state index contributed by atoms with van der Waals surface area (Å²) in [4.78, 5) is 41.8. The second kappa shape index (κ2) is 7.88. The summed E-state index contributed by atoms with van der Waals surface area (Å²) in [6, 6.07) is 7.72. The summed E-state index contributed by atoms with van der Waals surface area (Å²) in [5.74, 6) is -1.45. The van der Waals surface area contributed by atoms with Crippen molar-refractivity contribution in [2.75, 3.05) is 18.1 Å². The second-order valence-electron chi connectivity index (χ2n) is 6.87. The molecular weight excluding hydrogens is 360 g/mol. The van der Waals surface area contributed by atoms with E-state index in [2.05, 4.69) is 4.98 Å². The molecule has 0 aliphatic carbocycles. The Bertz CT molecular complexity index is 931. The van der Waals surface area contributed by atoms with E-state index >= 15 is 0 Å². The Morgan fingerprint density at radius 1 is 1.14 bits per heavy atom. The van der Waals surface area contributed by atoms with Gasteiger partial charge in [-0.25, -0.2) is 9.59 Å². The van der Waals surface area contributed by atoms with Crippen molar-refractivity contribution in [3.05, 3.63) is 52.3 Å². The molecule has 1 amide bonds. The number of hydrogen-bond acceptors (Lipinski definition) is 5. The van der Waals surface area contributed by atoms with Crippen molar-refractivity contribution in [1.29, 1.82) is 0 Å². The molecule has 148 valence electrons. The van der Waals surface area contributed by atoms with Crippen molar-refractivity contribution in [1.82, 2.24) is 4.98 Å². The first-order valence-electron chi connectivity index (χ1n) is 9.28. The zero-order valence-electron chi connectivity index (χ0n) is 16.5. The van der Waals surface area contributed by atoms with Gasteiger partial charge in [-0.05, 0) is 51.3 Å². The van der Waals surface area contributed by atoms with E-state index < -0.39 is 11.9 Å². The smallest absolute Gasteiger partial charge is 0.355 e. The summed E-state index contributed by atoms with van der Waals surface area (Å²) in [5, 5.41) is 0. The highest BCUT2D eigenvalue weighted by atomic mass is 16.5. The molecule has 1 N–H and O–H groups in total. The lowest BCUT2D eigenvalue weighted by Gasteiger charge is -2.22. The molecule has 2 heterocycles. The number of ether oxygens (including phenoxy) is 2. The van der Waals surface area contributed by atoms with Gasteiger partial charge in [0.2, 0.25) is 0 Å². The maximum Gasteiger partial charge on any atom is 0.355 e. The fourth-order valence-electron chi connectivity index (χ4n) is 3.68. The van der Waals surface area contributed by atoms with E-state index in [1.807, 2.05) is 31.2 Å². The number of nitrogens with one attached hydrogen (secondary N) is 1. The van der Waals surface area contributed by atoms with Crippen LogP contribution in [0.1, 0.15) is 51.5 Å². The number of nitrogens with zero attached hydrogens (tertiary/aromatic N) is 1. The minimum absolute atomic E-state index is 0.00903. The first-order valence-corrected chi connectivity index (χ1v) is 9.28. The summed E-state index contributed by atoms with van der Waals surface area (Å²) < 4.78 is 10.3. The molecule has 7 nitrogen and oxygen atoms in total. The molecule has 0 bridgehead atoms. The lowest BCUT2D eigenvalue weighted by molar-refractivity contribution is -0.122. The number of amides is 1. The Morgan fingerprint density at radius 3 is 2.57 bits per heavy atom. The molecule has 2 aromatic rings. The van der Waals surface area contributed by atoms with Crippen LogP contribution < -0.4 is 4.90 Å². The number of H-pyrrole nitrogens is 1. The standard InChI is InChI=1S/C21H24N2O5/c1-5-27-21(26)19-13(3)18(14(4)22-19)20(25)28-11-17(24)23-12(2)10-15-8-6-7-9-16(15)23/h6-9,12,22H,5,10-11H2,1-4H3/t12-/m1/s1. The largest absolute Gasteiger partial charge is 0.461 e. The highest BCUT2D eigenvalue weighted by Crippen LogP contribution is 2.31. The lowest BCUT2D eigenvalue weighted by atomic mass is 10.1. The summed E-state index contributed by atoms with van der Waals surface area (Å²) in [7, 11) is 0. The van der Waals surface area contributed by atoms with Crippen LogP contribution in [0.25, 0.3) is 0 Å². The van der Waals surface area contributed by atoms with E-state index in [-0.39, 0.29) is 36.4 Å². The van der Waals surface area contributed by atoms with Crippen molar-refractivity contribution in [2.24, 2.45) is 0 Å². The van der Waals surface area contributed by atoms with Gasteiger partial charge in [-0.2, -0.15) is 0 Å². The molecule has 1 aliphatic rings. The number of aromatic nitrogens is 1. The van der Waals surface area contributed by atoms with Gasteiger partial charge in [0.1, 0.15) is 5.69 Å². The Kier molecular flexibility index (Phi) is 5.53. The summed E-state index contributed by atoms with van der Waals surface area (Å²) in [6.45, 7) is 6.86. The molecule has 1 aliphatic heterocycles. The number of anilines is 1. The van der Waals surface area contributed by atoms with Gasteiger partial charge in [-0.3, -0.25) is 4.79 Å². The quantitative estimate of drug-likeness (QED) is 0.801. The van der Waals surface area contributed by atoms with Crippen LogP contribution in [0, 0.1) is 13.8 Å². The number of para-hydroxylation sites is 1. The van der Waals surface area contributed by atoms with Crippen molar-refractivity contribution < 1.29 is 23.9 Å². The number of aryl methyl sites for hydroxylation is 1. The normalized spacial score (nSPS) is 15.3. The van der Waals surface area contributed by atoms with Crippen LogP contribution in [0.3, 0.4) is 0 Å². The topological polar surface area (TPSA) is 88.7 Å². The monoisotopic (exact) mass is 384 g/mol. The van der Waals surface area contributed by atoms with Gasteiger partial charge in [0.05, 0.1) is 12.2 Å². The molecule has 0 saturated heterocycles. The molecule has 0 radical (unpaired) electrons. The average molecular weight is 384 g/mol. The van der Waals surface area contributed by atoms with Gasteiger partial charge in [0.25, 0.3) is 5.91 Å². The Labute approximate surface area is 163 Å². The van der Waals surface area contributed by atoms with Gasteiger partial charge in [0.15, 0.2) is 6.61 Å². The number of carbonyl (C=O) groups excluding carboxylic acids is 3. The Balaban J connectivity index is 1.71. The third-order valence-corrected chi connectivity index (χ3v) is 4.92. The maximum absolute atomic E-state index is 12.7. The molecular formula is C21H24N2O5. The minimum Gasteiger partial charge on any atom is -0.461 e. The molecule has 28 heavy (non-hydrogen) atoms. The van der Waals surface area contributed by atoms with Crippen molar-refractivity contribution in [3.63, 3.8) is 0 Å². The Morgan fingerprint density at radius 2 is 1.86 bits per heavy atom. The molecule has 0 unspecified atom stereocenters. The first kappa shape index (κ1) is 19.7. The van der Waals surface area contributed by atoms with Crippen LogP contribution >= 0.6 is 0 Å². The van der Waals surface area contributed by atoms with Crippen molar-refractivity contribution >= 4 is 23.5 Å². The summed E-state index contributed by atoms with van der Waals surface area (Å²) in [6.07, 6.45) is 0.773. The van der Waals surface area contributed by atoms with E-state index in [4.69, 9.17) is 9.47 Å². The molecule has 1 atom stereocenters. The number of carbonyl (C=O) groups is 3. The molecule has 0 spiro atoms. The third kappa shape index (κ3) is 3.52. The van der Waals surface area contributed by atoms with E-state index in [1.54, 1.807) is 25.7 Å². The fourth-order valence-corrected chi connectivity index (χ4v) is 3.68. The Hall–Kier alpha value is -3.09. The summed E-state index contributed by atoms with van der Waals surface area (Å²) in [5.41, 5.74) is 3.39. The molecule has 3 rings (SSSR count). The maximum atomic E-state index is 12.7. The van der Waals surface area contributed by atoms with E-state index in [9.17, 15) is 14.4 Å². The predicted octanol–water partition coefficient (Wildman–Crippen LogP) is 2.94. The highest BCUT2D eigenvalue weighted by molar-refractivity contribution is 6.01. The van der Waals surface area contributed by atoms with E-state index in [0.717, 1.165) is 17.7 Å². The fraction of sp³-hybridized carbons (Fsp3) is 0.381. The highest BCUT2D eigenvalue weighted by Gasteiger charge is 2.31. The zero-order chi connectivity index (χ0) is 20.4. The van der Waals surface area contributed by atoms with Gasteiger partial charge in [-0.1, -0.05) is 18.2 Å². The van der Waals surface area contributed by atoms with Crippen LogP contribution in [0.2, 0.25) is 0 Å². The number of rotatable bonds is 5. The number of hydrogen-bond donors (Lipinski definition) is 1. The second-order valence-corrected chi connectivity index (χ2v) is 6.87. The first-order chi connectivity index (χ1) is 13.3. The predicted molar refractivity (Wildman–Crippen MR) is 104 cm³/mol. The van der Waals surface area contributed by atoms with E-state index in [1.165, 1.54) is 0 Å². The molecule has 1 aromatic carbocycles. The number of aromatic amines is 1. The number of benzene rings is 1. The molecule has 1 aromatic heterocycles. The van der Waals surface area contributed by atoms with Crippen LogP contribution in [-0.2, 0) is 20.7 Å². The lowest BCUT2D eigenvalue weighted by Crippen LogP contribution is -2.38. The van der Waals surface area contributed by atoms with Crippen molar-refractivity contribution in [3.8, 4) is 0 Å². The van der Waals surface area contributed by atoms with Gasteiger partial charge >= 0.3 is 11.9 Å². The third-order valence-electron chi connectivity index (χ3n) is 4.92. The average Bonchev–Trinajstić information content (AvgIpc) is 3.15. The SMILES string of the molecule is CCOC(=O)c1[nH]c(C)c(C(=O)OCC(=O)N2c3ccccc3C[C@H]2C)c1C. The summed E-state index contributed by atoms with van der Waals surface area (Å²) >= 11 is 0. The number of esters is 2. The number of fused-ring (bicyclic) bond motifs is 1. The van der Waals surface area contributed by atoms with Crippen LogP contribution in [-0.4, -0.2) is 42.1 Å². The van der Waals surface area contributed by atoms with Crippen LogP contribution in [0.5, 0.6) is 0 Å². The minimum atomic E-state index is -0.643. The zero-order valence-corrected chi connectivity index (χ0v) is 16.5. The molecule has 0 fully saturated rings. The van der Waals surface area contributed by atoms with Gasteiger partial charge < -0.3 is 19.4 Å². The van der Waals surface area contributed by atoms with Gasteiger partial charge in [0, 0.05) is 17.4 Å². The van der Waals surface area contributed by atoms with E-state index in [0.29, 0.717) is 11.3 Å². The van der Waals surface area contributed by atoms with Gasteiger partial charge in [-0.15, -0.1) is 0 Å². The molecule has 0 saturated carbocycles. The molecule has 7 heteroatoms. The van der Waals surface area contributed by atoms with Crippen molar-refractivity contribution in [2.45, 2.75) is 40.2 Å². The van der Waals surface area contributed by atoms with Crippen LogP contribution in [0.15, 0.2) is 24.3 Å².